The number of allylic oxidation sites excluding steroid dienone is 12. The molecule has 0 spiro atoms. The molecule has 3 aromatic heterocycles. The van der Waals surface area contributed by atoms with Crippen LogP contribution in [0.3, 0.4) is 0 Å². The van der Waals surface area contributed by atoms with Crippen molar-refractivity contribution in [3.05, 3.63) is 117 Å². The topological polar surface area (TPSA) is 57.4 Å². The Morgan fingerprint density at radius 2 is 0.820 bits per heavy atom. The molecule has 12 aliphatic carbocycles. The largest absolute Gasteiger partial charge is 0.355 e. The lowest BCUT2D eigenvalue weighted by atomic mass is 9.69. The van der Waals surface area contributed by atoms with Gasteiger partial charge in [-0.15, -0.1) is 0 Å². The minimum absolute atomic E-state index is 0.0347. The van der Waals surface area contributed by atoms with Gasteiger partial charge in [0.2, 0.25) is 0 Å². The number of fused-ring (bicyclic) bond motifs is 12. The quantitative estimate of drug-likeness (QED) is 0.236. The first-order valence-corrected chi connectivity index (χ1v) is 19.0. The zero-order valence-electron chi connectivity index (χ0n) is 27.7. The summed E-state index contributed by atoms with van der Waals surface area (Å²) in [4.78, 5) is 17.8. The maximum absolute atomic E-state index is 17.7. The molecule has 0 saturated carbocycles. The minimum atomic E-state index is -0.383. The molecule has 0 radical (unpaired) electrons. The van der Waals surface area contributed by atoms with E-state index in [4.69, 9.17) is 9.97 Å². The summed E-state index contributed by atoms with van der Waals surface area (Å²) in [6.07, 6.45) is 26.6. The van der Waals surface area contributed by atoms with Gasteiger partial charge in [-0.05, 0) is 108 Å². The van der Waals surface area contributed by atoms with Gasteiger partial charge in [0.05, 0.1) is 11.2 Å². The molecule has 14 aliphatic rings. The lowest BCUT2D eigenvalue weighted by Crippen LogP contribution is -2.20. The van der Waals surface area contributed by atoms with Crippen molar-refractivity contribution in [2.75, 3.05) is 0 Å². The van der Waals surface area contributed by atoms with E-state index in [1.54, 1.807) is 0 Å². The van der Waals surface area contributed by atoms with Crippen LogP contribution in [0.25, 0.3) is 44.4 Å². The summed E-state index contributed by atoms with van der Waals surface area (Å²) in [7, 11) is 0. The number of hydrogen-bond acceptors (Lipinski definition) is 2. The maximum Gasteiger partial charge on any atom is 0.175 e. The highest BCUT2D eigenvalue weighted by molar-refractivity contribution is 6.01. The molecule has 0 aromatic carbocycles. The van der Waals surface area contributed by atoms with Crippen LogP contribution >= 0.6 is 0 Å². The second-order valence-electron chi connectivity index (χ2n) is 16.4. The van der Waals surface area contributed by atoms with E-state index in [9.17, 15) is 0 Å². The molecule has 5 heterocycles. The van der Waals surface area contributed by atoms with Gasteiger partial charge in [-0.2, -0.15) is 0 Å². The van der Waals surface area contributed by atoms with Crippen molar-refractivity contribution in [1.82, 2.24) is 19.9 Å². The zero-order chi connectivity index (χ0) is 32.6. The second kappa shape index (κ2) is 9.20. The summed E-state index contributed by atoms with van der Waals surface area (Å²) in [5, 5.41) is 0. The van der Waals surface area contributed by atoms with E-state index >= 15 is 8.78 Å². The molecule has 8 atom stereocenters. The molecule has 4 nitrogen and oxygen atoms in total. The summed E-state index contributed by atoms with van der Waals surface area (Å²) in [6.45, 7) is 0. The molecule has 6 heteroatoms. The first-order valence-electron chi connectivity index (χ1n) is 19.0. The van der Waals surface area contributed by atoms with Crippen LogP contribution in [0.2, 0.25) is 0 Å². The van der Waals surface area contributed by atoms with Gasteiger partial charge in [0.15, 0.2) is 11.6 Å². The third-order valence-corrected chi connectivity index (χ3v) is 14.2. The van der Waals surface area contributed by atoms with Gasteiger partial charge in [-0.25, -0.2) is 18.7 Å². The van der Waals surface area contributed by atoms with Crippen molar-refractivity contribution in [2.45, 2.75) is 75.0 Å². The molecule has 0 saturated heterocycles. The highest BCUT2D eigenvalue weighted by Gasteiger charge is 2.44. The minimum Gasteiger partial charge on any atom is -0.355 e. The van der Waals surface area contributed by atoms with E-state index < -0.39 is 0 Å². The van der Waals surface area contributed by atoms with Crippen LogP contribution in [-0.2, 0) is 0 Å². The molecular formula is C44H36F2N4. The normalized spacial score (nSPS) is 32.7. The predicted octanol–water partition coefficient (Wildman–Crippen LogP) is 10.7. The van der Waals surface area contributed by atoms with E-state index in [1.165, 1.54) is 22.3 Å². The molecule has 246 valence electrons. The third-order valence-electron chi connectivity index (χ3n) is 14.2. The van der Waals surface area contributed by atoms with Crippen molar-refractivity contribution in [3.63, 3.8) is 0 Å². The van der Waals surface area contributed by atoms with Crippen molar-refractivity contribution < 1.29 is 8.78 Å². The van der Waals surface area contributed by atoms with Gasteiger partial charge < -0.3 is 9.97 Å². The molecule has 0 fully saturated rings. The third kappa shape index (κ3) is 3.23. The van der Waals surface area contributed by atoms with Crippen molar-refractivity contribution in [3.8, 4) is 0 Å². The average molecular weight is 659 g/mol. The average Bonchev–Trinajstić information content (AvgIpc) is 3.97. The first-order chi connectivity index (χ1) is 24.6. The number of aromatic amines is 2. The van der Waals surface area contributed by atoms with Crippen LogP contribution in [0.1, 0.15) is 120 Å². The molecule has 8 unspecified atom stereocenters. The van der Waals surface area contributed by atoms with Crippen LogP contribution < -0.4 is 0 Å². The first kappa shape index (κ1) is 27.2. The molecular weight excluding hydrogens is 623 g/mol. The van der Waals surface area contributed by atoms with Gasteiger partial charge in [0.25, 0.3) is 0 Å². The number of aromatic nitrogens is 4. The van der Waals surface area contributed by atoms with E-state index in [2.05, 4.69) is 70.7 Å². The summed E-state index contributed by atoms with van der Waals surface area (Å²) in [5.41, 5.74) is 14.6. The van der Waals surface area contributed by atoms with Crippen molar-refractivity contribution in [2.24, 2.45) is 23.7 Å². The zero-order valence-corrected chi connectivity index (χ0v) is 27.7. The van der Waals surface area contributed by atoms with Gasteiger partial charge in [-0.3, -0.25) is 0 Å². The Balaban J connectivity index is 1.22. The van der Waals surface area contributed by atoms with Crippen LogP contribution in [0.15, 0.2) is 60.7 Å². The molecule has 2 aliphatic heterocycles. The molecule has 17 rings (SSSR count). The standard InChI is InChI=1S/C44H36F2N4/c45-39-41-35-23-9-5-21(6-10-23)33(35)29(48-41)17-27-31-19-1-2-20(4-3-19)32(31)28(47-27)18-30-34-22-7-11-24(12-8-22)36(34)42(49-30)40(46)44-38-26-15-13-25(14-16-26)37(38)43(39)50-44/h1-2,5,7,9,11,13,15,17-26,47-48H,3-4,6,8,10,12,14,16H2. The fourth-order valence-corrected chi connectivity index (χ4v) is 12.1. The smallest absolute Gasteiger partial charge is 0.175 e. The van der Waals surface area contributed by atoms with E-state index in [1.807, 2.05) is 0 Å². The summed E-state index contributed by atoms with van der Waals surface area (Å²) < 4.78 is 35.3. The molecule has 0 amide bonds. The Kier molecular flexibility index (Phi) is 5.00. The Morgan fingerprint density at radius 1 is 0.420 bits per heavy atom. The number of nitrogens with zero attached hydrogens (tertiary/aromatic N) is 2. The van der Waals surface area contributed by atoms with Gasteiger partial charge in [0, 0.05) is 63.9 Å². The van der Waals surface area contributed by atoms with Crippen LogP contribution in [0, 0.1) is 35.3 Å². The van der Waals surface area contributed by atoms with E-state index in [0.29, 0.717) is 34.4 Å². The summed E-state index contributed by atoms with van der Waals surface area (Å²) in [5.74, 6) is 0.788. The van der Waals surface area contributed by atoms with Gasteiger partial charge >= 0.3 is 0 Å². The summed E-state index contributed by atoms with van der Waals surface area (Å²) >= 11 is 0. The number of H-pyrrole nitrogens is 2. The molecule has 16 bridgehead atoms. The number of halogens is 2. The lowest BCUT2D eigenvalue weighted by Gasteiger charge is -2.33. The molecule has 3 aromatic rings. The SMILES string of the molecule is Fc1c2nc(cc3[nH]c(cc4[nH]c(c(F)c5nc1C1=C5C5C=CC1CC5)c1c4C4C=CC1CC4)c1c3C3C=CC1CC3)C1=C2C2C=CC1CC2. The Hall–Kier alpha value is -4.58. The summed E-state index contributed by atoms with van der Waals surface area (Å²) in [6, 6.07) is 4.51. The molecule has 50 heavy (non-hydrogen) atoms. The Labute approximate surface area is 288 Å². The van der Waals surface area contributed by atoms with E-state index in [-0.39, 0.29) is 47.1 Å². The lowest BCUT2D eigenvalue weighted by molar-refractivity contribution is 0.545. The predicted molar refractivity (Wildman–Crippen MR) is 193 cm³/mol. The van der Waals surface area contributed by atoms with E-state index in [0.717, 1.165) is 95.9 Å². The van der Waals surface area contributed by atoms with Crippen molar-refractivity contribution in [1.29, 1.82) is 0 Å². The van der Waals surface area contributed by atoms with Crippen LogP contribution in [-0.4, -0.2) is 19.9 Å². The maximum atomic E-state index is 17.7. The molecule has 2 N–H and O–H groups in total. The Bertz CT molecular complexity index is 2530. The Morgan fingerprint density at radius 3 is 1.38 bits per heavy atom. The number of rotatable bonds is 0. The highest BCUT2D eigenvalue weighted by atomic mass is 19.1. The van der Waals surface area contributed by atoms with Crippen LogP contribution in [0.5, 0.6) is 0 Å². The van der Waals surface area contributed by atoms with Crippen LogP contribution in [0.4, 0.5) is 8.78 Å². The van der Waals surface area contributed by atoms with Crippen molar-refractivity contribution >= 4 is 44.4 Å². The second-order valence-corrected chi connectivity index (χ2v) is 16.4. The van der Waals surface area contributed by atoms with Gasteiger partial charge in [0.1, 0.15) is 17.1 Å². The monoisotopic (exact) mass is 658 g/mol. The number of nitrogens with one attached hydrogen (secondary N) is 2. The highest BCUT2D eigenvalue weighted by Crippen LogP contribution is 2.57. The van der Waals surface area contributed by atoms with Gasteiger partial charge in [-0.1, -0.05) is 48.6 Å². The fraction of sp³-hybridized carbons (Fsp3) is 0.364. The fourth-order valence-electron chi connectivity index (χ4n) is 12.1. The number of hydrogen-bond donors (Lipinski definition) is 2.